The van der Waals surface area contributed by atoms with Crippen LogP contribution in [0.25, 0.3) is 0 Å². The molecule has 0 saturated heterocycles. The van der Waals surface area contributed by atoms with Crippen LogP contribution in [-0.2, 0) is 0 Å². The number of halogens is 3. The molecule has 1 aromatic carbocycles. The van der Waals surface area contributed by atoms with Gasteiger partial charge in [0.15, 0.2) is 0 Å². The minimum atomic E-state index is -4.48. The number of hydrogen-bond donors (Lipinski definition) is 2. The summed E-state index contributed by atoms with van der Waals surface area (Å²) in [5.74, 6) is -1.12. The molecule has 0 aliphatic heterocycles. The summed E-state index contributed by atoms with van der Waals surface area (Å²) in [5.41, 5.74) is 0.733. The predicted molar refractivity (Wildman–Crippen MR) is 65.8 cm³/mol. The van der Waals surface area contributed by atoms with Gasteiger partial charge >= 0.3 is 18.2 Å². The number of benzene rings is 1. The van der Waals surface area contributed by atoms with Crippen LogP contribution in [0.4, 0.5) is 23.7 Å². The van der Waals surface area contributed by atoms with E-state index in [1.165, 1.54) is 18.2 Å². The van der Waals surface area contributed by atoms with Crippen LogP contribution in [0.2, 0.25) is 0 Å². The lowest BCUT2D eigenvalue weighted by Crippen LogP contribution is -2.38. The molecule has 0 spiro atoms. The van der Waals surface area contributed by atoms with Crippen molar-refractivity contribution in [2.75, 3.05) is 18.9 Å². The molecular formula is C12H13F3N2O3. The lowest BCUT2D eigenvalue weighted by Gasteiger charge is -2.20. The Kier molecular flexibility index (Phi) is 4.59. The zero-order valence-corrected chi connectivity index (χ0v) is 10.8. The van der Waals surface area contributed by atoms with E-state index in [0.29, 0.717) is 10.5 Å². The first-order chi connectivity index (χ1) is 9.10. The minimum absolute atomic E-state index is 0.0316. The number of carboxylic acid groups (broad SMARTS) is 1. The highest BCUT2D eigenvalue weighted by Crippen LogP contribution is 2.19. The molecule has 0 saturated carbocycles. The maximum Gasteiger partial charge on any atom is 0.406 e. The monoisotopic (exact) mass is 290 g/mol. The molecule has 0 aliphatic carbocycles. The summed E-state index contributed by atoms with van der Waals surface area (Å²) in [4.78, 5) is 22.8. The van der Waals surface area contributed by atoms with Crippen molar-refractivity contribution in [1.82, 2.24) is 4.90 Å². The summed E-state index contributed by atoms with van der Waals surface area (Å²) in [6.45, 7) is 0.177. The molecule has 0 heterocycles. The molecule has 2 N–H and O–H groups in total. The van der Waals surface area contributed by atoms with Crippen molar-refractivity contribution in [3.05, 3.63) is 29.3 Å². The highest BCUT2D eigenvalue weighted by Gasteiger charge is 2.31. The first kappa shape index (κ1) is 15.8. The van der Waals surface area contributed by atoms with Crippen molar-refractivity contribution >= 4 is 17.7 Å². The molecule has 0 unspecified atom stereocenters. The lowest BCUT2D eigenvalue weighted by molar-refractivity contribution is -0.137. The van der Waals surface area contributed by atoms with Crippen LogP contribution >= 0.6 is 0 Å². The minimum Gasteiger partial charge on any atom is -0.478 e. The van der Waals surface area contributed by atoms with Crippen LogP contribution in [0.5, 0.6) is 0 Å². The first-order valence-electron chi connectivity index (χ1n) is 5.53. The summed E-state index contributed by atoms with van der Waals surface area (Å²) in [5, 5.41) is 11.1. The Morgan fingerprint density at radius 3 is 2.40 bits per heavy atom. The van der Waals surface area contributed by atoms with Gasteiger partial charge in [0, 0.05) is 12.7 Å². The van der Waals surface area contributed by atoms with Gasteiger partial charge < -0.3 is 15.3 Å². The van der Waals surface area contributed by atoms with E-state index in [0.717, 1.165) is 7.05 Å². The SMILES string of the molecule is Cc1cc(C(=O)O)ccc1NC(=O)N(C)CC(F)(F)F. The second-order valence-corrected chi connectivity index (χ2v) is 4.24. The van der Waals surface area contributed by atoms with Crippen LogP contribution in [0.15, 0.2) is 18.2 Å². The van der Waals surface area contributed by atoms with Crippen molar-refractivity contribution in [2.45, 2.75) is 13.1 Å². The summed E-state index contributed by atoms with van der Waals surface area (Å²) in [6.07, 6.45) is -4.48. The molecule has 2 amide bonds. The van der Waals surface area contributed by atoms with Crippen LogP contribution in [0.1, 0.15) is 15.9 Å². The van der Waals surface area contributed by atoms with Gasteiger partial charge in [0.1, 0.15) is 6.54 Å². The number of amides is 2. The van der Waals surface area contributed by atoms with Crippen molar-refractivity contribution in [1.29, 1.82) is 0 Å². The zero-order chi connectivity index (χ0) is 15.5. The molecule has 110 valence electrons. The normalized spacial score (nSPS) is 11.1. The van der Waals surface area contributed by atoms with Crippen LogP contribution in [0, 0.1) is 6.92 Å². The van der Waals surface area contributed by atoms with Crippen LogP contribution in [0.3, 0.4) is 0 Å². The van der Waals surface area contributed by atoms with Crippen molar-refractivity contribution in [2.24, 2.45) is 0 Å². The molecular weight excluding hydrogens is 277 g/mol. The maximum atomic E-state index is 12.1. The van der Waals surface area contributed by atoms with E-state index in [9.17, 15) is 22.8 Å². The van der Waals surface area contributed by atoms with Gasteiger partial charge in [0.2, 0.25) is 0 Å². The summed E-state index contributed by atoms with van der Waals surface area (Å²) in [7, 11) is 1.02. The summed E-state index contributed by atoms with van der Waals surface area (Å²) < 4.78 is 36.4. The Hall–Kier alpha value is -2.25. The largest absolute Gasteiger partial charge is 0.478 e. The fraction of sp³-hybridized carbons (Fsp3) is 0.333. The second kappa shape index (κ2) is 5.81. The number of carboxylic acids is 1. The number of anilines is 1. The third kappa shape index (κ3) is 4.45. The quantitative estimate of drug-likeness (QED) is 0.899. The molecule has 0 fully saturated rings. The first-order valence-corrected chi connectivity index (χ1v) is 5.53. The van der Waals surface area contributed by atoms with E-state index in [1.54, 1.807) is 6.92 Å². The predicted octanol–water partition coefficient (Wildman–Crippen LogP) is 2.72. The number of rotatable bonds is 3. The molecule has 0 aromatic heterocycles. The van der Waals surface area contributed by atoms with E-state index in [1.807, 2.05) is 0 Å². The molecule has 20 heavy (non-hydrogen) atoms. The van der Waals surface area contributed by atoms with Gasteiger partial charge in [-0.3, -0.25) is 0 Å². The number of nitrogens with zero attached hydrogens (tertiary/aromatic N) is 1. The van der Waals surface area contributed by atoms with E-state index >= 15 is 0 Å². The van der Waals surface area contributed by atoms with Crippen LogP contribution in [-0.4, -0.2) is 41.8 Å². The van der Waals surface area contributed by atoms with Gasteiger partial charge in [-0.25, -0.2) is 9.59 Å². The second-order valence-electron chi connectivity index (χ2n) is 4.24. The molecule has 8 heteroatoms. The van der Waals surface area contributed by atoms with E-state index < -0.39 is 24.7 Å². The average Bonchev–Trinajstić information content (AvgIpc) is 2.29. The van der Waals surface area contributed by atoms with Crippen molar-refractivity contribution in [3.63, 3.8) is 0 Å². The Labute approximate surface area is 113 Å². The summed E-state index contributed by atoms with van der Waals surface area (Å²) in [6, 6.07) is 2.99. The van der Waals surface area contributed by atoms with Gasteiger partial charge in [0.05, 0.1) is 5.56 Å². The fourth-order valence-electron chi connectivity index (χ4n) is 1.49. The highest BCUT2D eigenvalue weighted by atomic mass is 19.4. The third-order valence-electron chi connectivity index (χ3n) is 2.48. The number of aromatic carboxylic acids is 1. The molecule has 1 aromatic rings. The fourth-order valence-corrected chi connectivity index (χ4v) is 1.49. The topological polar surface area (TPSA) is 69.6 Å². The molecule has 1 rings (SSSR count). The maximum absolute atomic E-state index is 12.1. The van der Waals surface area contributed by atoms with Crippen molar-refractivity contribution < 1.29 is 27.9 Å². The number of aryl methyl sites for hydroxylation is 1. The Morgan fingerprint density at radius 2 is 1.95 bits per heavy atom. The molecule has 0 radical (unpaired) electrons. The number of hydrogen-bond acceptors (Lipinski definition) is 2. The van der Waals surface area contributed by atoms with Gasteiger partial charge in [-0.15, -0.1) is 0 Å². The van der Waals surface area contributed by atoms with Gasteiger partial charge in [0.25, 0.3) is 0 Å². The lowest BCUT2D eigenvalue weighted by atomic mass is 10.1. The Balaban J connectivity index is 2.78. The van der Waals surface area contributed by atoms with E-state index in [-0.39, 0.29) is 11.3 Å². The molecule has 0 atom stereocenters. The average molecular weight is 290 g/mol. The number of urea groups is 1. The van der Waals surface area contributed by atoms with Crippen LogP contribution < -0.4 is 5.32 Å². The highest BCUT2D eigenvalue weighted by molar-refractivity contribution is 5.92. The molecule has 0 aliphatic rings. The summed E-state index contributed by atoms with van der Waals surface area (Å²) >= 11 is 0. The number of carbonyl (C=O) groups is 2. The molecule has 0 bridgehead atoms. The van der Waals surface area contributed by atoms with E-state index in [2.05, 4.69) is 5.32 Å². The number of carbonyl (C=O) groups excluding carboxylic acids is 1. The smallest absolute Gasteiger partial charge is 0.406 e. The standard InChI is InChI=1S/C12H13F3N2O3/c1-7-5-8(10(18)19)3-4-9(7)16-11(20)17(2)6-12(13,14)15/h3-5H,6H2,1-2H3,(H,16,20)(H,18,19). The Bertz CT molecular complexity index is 529. The van der Waals surface area contributed by atoms with Gasteiger partial charge in [-0.2, -0.15) is 13.2 Å². The number of alkyl halides is 3. The zero-order valence-electron chi connectivity index (χ0n) is 10.8. The number of nitrogens with one attached hydrogen (secondary N) is 1. The van der Waals surface area contributed by atoms with Gasteiger partial charge in [-0.1, -0.05) is 0 Å². The van der Waals surface area contributed by atoms with E-state index in [4.69, 9.17) is 5.11 Å². The molecule has 5 nitrogen and oxygen atoms in total. The van der Waals surface area contributed by atoms with Gasteiger partial charge in [-0.05, 0) is 30.7 Å². The Morgan fingerprint density at radius 1 is 1.35 bits per heavy atom. The van der Waals surface area contributed by atoms with Crippen molar-refractivity contribution in [3.8, 4) is 0 Å². The third-order valence-corrected chi connectivity index (χ3v) is 2.48.